The topological polar surface area (TPSA) is 115 Å². The number of esters is 1. The van der Waals surface area contributed by atoms with E-state index >= 15 is 0 Å². The van der Waals surface area contributed by atoms with Crippen molar-refractivity contribution in [2.75, 3.05) is 20.3 Å². The average molecular weight is 491 g/mol. The van der Waals surface area contributed by atoms with E-state index < -0.39 is 32.8 Å². The van der Waals surface area contributed by atoms with E-state index in [0.29, 0.717) is 5.56 Å². The summed E-state index contributed by atoms with van der Waals surface area (Å²) in [5.74, 6) is -0.840. The fourth-order valence-electron chi connectivity index (χ4n) is 3.03. The first-order valence-electron chi connectivity index (χ1n) is 9.97. The van der Waals surface area contributed by atoms with Crippen LogP contribution in [0.2, 0.25) is 0 Å². The third-order valence-corrected chi connectivity index (χ3v) is 5.89. The minimum atomic E-state index is -5.79. The van der Waals surface area contributed by atoms with E-state index in [-0.39, 0.29) is 44.1 Å². The Kier molecular flexibility index (Phi) is 8.53. The molecule has 0 saturated carbocycles. The van der Waals surface area contributed by atoms with Crippen LogP contribution in [0.15, 0.2) is 54.1 Å². The van der Waals surface area contributed by atoms with Gasteiger partial charge in [0.05, 0.1) is 12.3 Å². The predicted molar refractivity (Wildman–Crippen MR) is 113 cm³/mol. The van der Waals surface area contributed by atoms with Gasteiger partial charge in [0.25, 0.3) is 0 Å². The van der Waals surface area contributed by atoms with E-state index in [2.05, 4.69) is 9.50 Å². The second-order valence-corrected chi connectivity index (χ2v) is 8.72. The van der Waals surface area contributed by atoms with E-state index in [1.165, 1.54) is 6.08 Å². The van der Waals surface area contributed by atoms with Gasteiger partial charge in [-0.2, -0.15) is 21.6 Å². The zero-order valence-corrected chi connectivity index (χ0v) is 18.9. The number of carbonyl (C=O) groups is 1. The lowest BCUT2D eigenvalue weighted by Gasteiger charge is -2.33. The van der Waals surface area contributed by atoms with Crippen molar-refractivity contribution in [3.8, 4) is 0 Å². The molecule has 12 heteroatoms. The van der Waals surface area contributed by atoms with Crippen LogP contribution in [-0.4, -0.2) is 45.9 Å². The van der Waals surface area contributed by atoms with Crippen LogP contribution in [0.25, 0.3) is 0 Å². The summed E-state index contributed by atoms with van der Waals surface area (Å²) in [7, 11) is -4.23. The molecule has 8 nitrogen and oxygen atoms in total. The summed E-state index contributed by atoms with van der Waals surface area (Å²) < 4.78 is 75.3. The molecule has 2 N–H and O–H groups in total. The maximum absolute atomic E-state index is 12.7. The third-order valence-electron chi connectivity index (χ3n) is 4.89. The zero-order chi connectivity index (χ0) is 24.7. The highest BCUT2D eigenvalue weighted by Crippen LogP contribution is 2.39. The molecule has 0 spiro atoms. The highest BCUT2D eigenvalue weighted by atomic mass is 32.2. The smallest absolute Gasteiger partial charge is 0.478 e. The van der Waals surface area contributed by atoms with Gasteiger partial charge in [0.2, 0.25) is 0 Å². The average Bonchev–Trinajstić information content (AvgIpc) is 2.77. The van der Waals surface area contributed by atoms with Gasteiger partial charge in [-0.25, -0.2) is 0 Å². The molecule has 1 aromatic rings. The second kappa shape index (κ2) is 10.7. The predicted octanol–water partition coefficient (Wildman–Crippen LogP) is 3.62. The summed E-state index contributed by atoms with van der Waals surface area (Å²) >= 11 is 0. The van der Waals surface area contributed by atoms with Crippen molar-refractivity contribution in [1.29, 1.82) is 5.41 Å². The fourth-order valence-corrected chi connectivity index (χ4v) is 3.56. The van der Waals surface area contributed by atoms with Gasteiger partial charge >= 0.3 is 21.6 Å². The van der Waals surface area contributed by atoms with E-state index in [1.54, 1.807) is 38.2 Å². The summed E-state index contributed by atoms with van der Waals surface area (Å²) in [5, 5.41) is 11.0. The molecule has 0 amide bonds. The summed E-state index contributed by atoms with van der Waals surface area (Å²) in [6.45, 7) is 1.47. The van der Waals surface area contributed by atoms with Crippen LogP contribution in [-0.2, 0) is 28.6 Å². The van der Waals surface area contributed by atoms with Gasteiger partial charge in [-0.1, -0.05) is 30.3 Å². The first kappa shape index (κ1) is 26.2. The molecule has 1 atom stereocenters. The number of allylic oxidation sites excluding steroid dienone is 3. The van der Waals surface area contributed by atoms with E-state index in [0.717, 1.165) is 6.08 Å². The van der Waals surface area contributed by atoms with E-state index in [4.69, 9.17) is 14.9 Å². The van der Waals surface area contributed by atoms with Gasteiger partial charge in [0.1, 0.15) is 17.8 Å². The molecule has 0 aromatic heterocycles. The van der Waals surface area contributed by atoms with Crippen molar-refractivity contribution < 1.29 is 40.0 Å². The van der Waals surface area contributed by atoms with Crippen LogP contribution in [0.5, 0.6) is 0 Å². The first-order chi connectivity index (χ1) is 15.4. The fraction of sp³-hybridized carbons (Fsp3) is 0.429. The standard InChI is InChI=1S/C21H25F3N2O6S/c1-3-30-19(27)20(11-9-16(10-12-20)32-33(28,29)21(22,23)24)14-31-18(26-2)13-17(25)15-7-5-4-6-8-15/h4-9,13,25-26H,3,10-12,14H2,1-2H3/b18-13+,25-17?. The van der Waals surface area contributed by atoms with Crippen LogP contribution >= 0.6 is 0 Å². The number of nitrogens with one attached hydrogen (secondary N) is 2. The Morgan fingerprint density at radius 3 is 2.42 bits per heavy atom. The summed E-state index contributed by atoms with van der Waals surface area (Å²) in [6, 6.07) is 8.86. The van der Waals surface area contributed by atoms with Gasteiger partial charge in [-0.05, 0) is 31.4 Å². The van der Waals surface area contributed by atoms with Gasteiger partial charge in [-0.15, -0.1) is 0 Å². The van der Waals surface area contributed by atoms with Crippen molar-refractivity contribution in [2.24, 2.45) is 5.41 Å². The van der Waals surface area contributed by atoms with Crippen LogP contribution in [0.3, 0.4) is 0 Å². The molecule has 1 aliphatic rings. The van der Waals surface area contributed by atoms with Gasteiger partial charge in [0.15, 0.2) is 5.88 Å². The minimum Gasteiger partial charge on any atom is -0.478 e. The molecule has 1 unspecified atom stereocenters. The Labute approximate surface area is 190 Å². The lowest BCUT2D eigenvalue weighted by Crippen LogP contribution is -2.40. The van der Waals surface area contributed by atoms with Crippen LogP contribution < -0.4 is 5.32 Å². The molecule has 0 fully saturated rings. The van der Waals surface area contributed by atoms with Crippen molar-refractivity contribution in [3.05, 3.63) is 59.7 Å². The van der Waals surface area contributed by atoms with Gasteiger partial charge in [-0.3, -0.25) is 4.79 Å². The van der Waals surface area contributed by atoms with Crippen molar-refractivity contribution in [1.82, 2.24) is 5.32 Å². The van der Waals surface area contributed by atoms with Crippen LogP contribution in [0.1, 0.15) is 31.7 Å². The molecule has 2 rings (SSSR count). The summed E-state index contributed by atoms with van der Waals surface area (Å²) in [4.78, 5) is 12.7. The number of ether oxygens (including phenoxy) is 2. The quantitative estimate of drug-likeness (QED) is 0.169. The highest BCUT2D eigenvalue weighted by Gasteiger charge is 2.50. The molecule has 182 valence electrons. The minimum absolute atomic E-state index is 0.0574. The van der Waals surface area contributed by atoms with E-state index in [1.807, 2.05) is 6.07 Å². The highest BCUT2D eigenvalue weighted by molar-refractivity contribution is 7.87. The lowest BCUT2D eigenvalue weighted by molar-refractivity contribution is -0.159. The summed E-state index contributed by atoms with van der Waals surface area (Å²) in [5.41, 5.74) is -6.03. The molecule has 1 aromatic carbocycles. The second-order valence-electron chi connectivity index (χ2n) is 7.19. The van der Waals surface area contributed by atoms with Gasteiger partial charge in [0, 0.05) is 19.5 Å². The number of hydrogen-bond donors (Lipinski definition) is 2. The molecule has 1 aliphatic carbocycles. The molecular weight excluding hydrogens is 465 g/mol. The molecule has 0 bridgehead atoms. The van der Waals surface area contributed by atoms with Crippen LogP contribution in [0.4, 0.5) is 13.2 Å². The molecule has 0 radical (unpaired) electrons. The van der Waals surface area contributed by atoms with Crippen molar-refractivity contribution in [3.63, 3.8) is 0 Å². The Bertz CT molecular complexity index is 1020. The number of rotatable bonds is 10. The first-order valence-corrected chi connectivity index (χ1v) is 11.4. The Balaban J connectivity index is 2.18. The molecule has 0 heterocycles. The normalized spacial score (nSPS) is 19.3. The number of hydrogen-bond acceptors (Lipinski definition) is 8. The number of carbonyl (C=O) groups excluding carboxylic acids is 1. The van der Waals surface area contributed by atoms with Crippen molar-refractivity contribution >= 4 is 21.8 Å². The number of benzene rings is 1. The Morgan fingerprint density at radius 2 is 1.91 bits per heavy atom. The van der Waals surface area contributed by atoms with Gasteiger partial charge < -0.3 is 24.4 Å². The maximum atomic E-state index is 12.7. The lowest BCUT2D eigenvalue weighted by atomic mass is 9.77. The molecule has 33 heavy (non-hydrogen) atoms. The number of alkyl halides is 3. The zero-order valence-electron chi connectivity index (χ0n) is 18.1. The SMILES string of the molecule is CCOC(=O)C1(CO/C(=C/C(=N)c2ccccc2)NC)CC=C(OS(=O)(=O)C(F)(F)F)CC1. The third kappa shape index (κ3) is 6.73. The molecule has 0 aliphatic heterocycles. The summed E-state index contributed by atoms with van der Waals surface area (Å²) in [6.07, 6.45) is 2.11. The van der Waals surface area contributed by atoms with E-state index in [9.17, 15) is 26.4 Å². The number of halogens is 3. The van der Waals surface area contributed by atoms with Crippen LogP contribution in [0, 0.1) is 10.8 Å². The monoisotopic (exact) mass is 490 g/mol. The van der Waals surface area contributed by atoms with Crippen molar-refractivity contribution in [2.45, 2.75) is 31.7 Å². The largest absolute Gasteiger partial charge is 0.534 e. The Hall–Kier alpha value is -3.02. The molecule has 0 saturated heterocycles. The molecular formula is C21H25F3N2O6S. The Morgan fingerprint density at radius 1 is 1.24 bits per heavy atom. The maximum Gasteiger partial charge on any atom is 0.534 e.